The van der Waals surface area contributed by atoms with Gasteiger partial charge in [-0.25, -0.2) is 4.79 Å². The van der Waals surface area contributed by atoms with Crippen molar-refractivity contribution in [2.24, 2.45) is 0 Å². The molecule has 1 heterocycles. The van der Waals surface area contributed by atoms with Crippen molar-refractivity contribution in [3.63, 3.8) is 0 Å². The third-order valence-electron chi connectivity index (χ3n) is 2.48. The Morgan fingerprint density at radius 2 is 2.19 bits per heavy atom. The molecule has 0 aromatic heterocycles. The smallest absolute Gasteiger partial charge is 0.407 e. The van der Waals surface area contributed by atoms with Crippen molar-refractivity contribution in [3.8, 4) is 11.5 Å². The summed E-state index contributed by atoms with van der Waals surface area (Å²) in [5, 5.41) is 2.70. The highest BCUT2D eigenvalue weighted by Gasteiger charge is 2.27. The maximum atomic E-state index is 11.0. The number of hydrogen-bond acceptors (Lipinski definition) is 4. The van der Waals surface area contributed by atoms with Gasteiger partial charge in [0.15, 0.2) is 11.5 Å². The van der Waals surface area contributed by atoms with Crippen LogP contribution in [0.2, 0.25) is 0 Å². The Balaban J connectivity index is 2.36. The summed E-state index contributed by atoms with van der Waals surface area (Å²) in [4.78, 5) is 11.0. The second-order valence-corrected chi connectivity index (χ2v) is 3.38. The molecule has 2 rings (SSSR count). The molecule has 0 unspecified atom stereocenters. The number of carbonyl (C=O) groups is 1. The van der Waals surface area contributed by atoms with E-state index in [0.717, 1.165) is 5.56 Å². The highest BCUT2D eigenvalue weighted by atomic mass is 16.6. The second-order valence-electron chi connectivity index (χ2n) is 3.38. The average Bonchev–Trinajstić information content (AvgIpc) is 2.74. The first-order chi connectivity index (χ1) is 7.76. The normalized spacial score (nSPS) is 18.9. The summed E-state index contributed by atoms with van der Waals surface area (Å²) in [7, 11) is 3.14. The Morgan fingerprint density at radius 3 is 2.75 bits per heavy atom. The lowest BCUT2D eigenvalue weighted by Crippen LogP contribution is -2.19. The third-order valence-corrected chi connectivity index (χ3v) is 2.48. The highest BCUT2D eigenvalue weighted by molar-refractivity contribution is 5.70. The Morgan fingerprint density at radius 1 is 1.38 bits per heavy atom. The van der Waals surface area contributed by atoms with Gasteiger partial charge in [0.1, 0.15) is 6.61 Å². The van der Waals surface area contributed by atoms with Gasteiger partial charge in [-0.3, -0.25) is 0 Å². The van der Waals surface area contributed by atoms with Crippen LogP contribution in [-0.2, 0) is 4.74 Å². The zero-order valence-electron chi connectivity index (χ0n) is 9.15. The quantitative estimate of drug-likeness (QED) is 0.843. The summed E-state index contributed by atoms with van der Waals surface area (Å²) < 4.78 is 15.3. The van der Waals surface area contributed by atoms with E-state index in [4.69, 9.17) is 14.2 Å². The number of amides is 1. The Labute approximate surface area is 93.3 Å². The van der Waals surface area contributed by atoms with Crippen molar-refractivity contribution >= 4 is 6.09 Å². The summed E-state index contributed by atoms with van der Waals surface area (Å²) in [5.41, 5.74) is 0.854. The zero-order chi connectivity index (χ0) is 11.5. The zero-order valence-corrected chi connectivity index (χ0v) is 9.15. The molecule has 1 saturated heterocycles. The first-order valence-corrected chi connectivity index (χ1v) is 4.90. The lowest BCUT2D eigenvalue weighted by molar-refractivity contribution is 0.176. The van der Waals surface area contributed by atoms with Crippen LogP contribution >= 0.6 is 0 Å². The maximum Gasteiger partial charge on any atom is 0.407 e. The minimum atomic E-state index is -0.408. The molecule has 1 aliphatic heterocycles. The van der Waals surface area contributed by atoms with Gasteiger partial charge in [0.25, 0.3) is 0 Å². The van der Waals surface area contributed by atoms with Crippen LogP contribution in [0.3, 0.4) is 0 Å². The van der Waals surface area contributed by atoms with Crippen LogP contribution in [0.5, 0.6) is 11.5 Å². The first-order valence-electron chi connectivity index (χ1n) is 4.90. The van der Waals surface area contributed by atoms with Gasteiger partial charge in [-0.2, -0.15) is 0 Å². The number of benzene rings is 1. The van der Waals surface area contributed by atoms with Gasteiger partial charge in [-0.15, -0.1) is 0 Å². The van der Waals surface area contributed by atoms with Crippen molar-refractivity contribution in [2.45, 2.75) is 6.04 Å². The van der Waals surface area contributed by atoms with E-state index >= 15 is 0 Å². The second kappa shape index (κ2) is 4.30. The monoisotopic (exact) mass is 223 g/mol. The van der Waals surface area contributed by atoms with Gasteiger partial charge in [0, 0.05) is 5.56 Å². The van der Waals surface area contributed by atoms with E-state index in [2.05, 4.69) is 5.32 Å². The van der Waals surface area contributed by atoms with Crippen LogP contribution in [0.4, 0.5) is 4.79 Å². The van der Waals surface area contributed by atoms with Gasteiger partial charge < -0.3 is 19.5 Å². The fraction of sp³-hybridized carbons (Fsp3) is 0.364. The van der Waals surface area contributed by atoms with Crippen LogP contribution in [0.1, 0.15) is 11.6 Å². The first kappa shape index (κ1) is 10.6. The minimum Gasteiger partial charge on any atom is -0.493 e. The Bertz CT molecular complexity index is 405. The fourth-order valence-electron chi connectivity index (χ4n) is 1.74. The molecule has 0 radical (unpaired) electrons. The van der Waals surface area contributed by atoms with Crippen LogP contribution in [0.25, 0.3) is 0 Å². The SMILES string of the molecule is COc1cccc([C@@H]2COC(=O)N2)c1OC. The van der Waals surface area contributed by atoms with Crippen LogP contribution in [-0.4, -0.2) is 26.9 Å². The predicted octanol–water partition coefficient (Wildman–Crippen LogP) is 1.48. The number of para-hydroxylation sites is 1. The summed E-state index contributed by atoms with van der Waals surface area (Å²) in [6.07, 6.45) is -0.408. The van der Waals surface area contributed by atoms with Crippen molar-refractivity contribution in [2.75, 3.05) is 20.8 Å². The molecule has 5 nitrogen and oxygen atoms in total. The molecule has 1 N–H and O–H groups in total. The molecule has 0 saturated carbocycles. The summed E-state index contributed by atoms with van der Waals surface area (Å²) >= 11 is 0. The standard InChI is InChI=1S/C11H13NO4/c1-14-9-5-3-4-7(10(9)15-2)8-6-16-11(13)12-8/h3-5,8H,6H2,1-2H3,(H,12,13)/t8-/m0/s1. The topological polar surface area (TPSA) is 56.8 Å². The van der Waals surface area contributed by atoms with E-state index in [9.17, 15) is 4.79 Å². The molecule has 1 aromatic carbocycles. The van der Waals surface area contributed by atoms with Gasteiger partial charge in [0.2, 0.25) is 0 Å². The number of methoxy groups -OCH3 is 2. The summed E-state index contributed by atoms with van der Waals surface area (Å²) in [5.74, 6) is 1.27. The molecule has 1 aliphatic rings. The molecule has 5 heteroatoms. The third kappa shape index (κ3) is 1.76. The molecule has 16 heavy (non-hydrogen) atoms. The highest BCUT2D eigenvalue weighted by Crippen LogP contribution is 2.35. The molecular weight excluding hydrogens is 210 g/mol. The number of alkyl carbamates (subject to hydrolysis) is 1. The molecule has 86 valence electrons. The van der Waals surface area contributed by atoms with Crippen LogP contribution in [0.15, 0.2) is 18.2 Å². The van der Waals surface area contributed by atoms with Gasteiger partial charge in [-0.05, 0) is 6.07 Å². The Kier molecular flexibility index (Phi) is 2.85. The number of carbonyl (C=O) groups excluding carboxylic acids is 1. The van der Waals surface area contributed by atoms with Gasteiger partial charge in [0.05, 0.1) is 20.3 Å². The van der Waals surface area contributed by atoms with Gasteiger partial charge >= 0.3 is 6.09 Å². The molecule has 1 atom stereocenters. The molecule has 1 amide bonds. The van der Waals surface area contributed by atoms with Crippen molar-refractivity contribution in [1.29, 1.82) is 0 Å². The van der Waals surface area contributed by atoms with Crippen molar-refractivity contribution < 1.29 is 19.0 Å². The molecule has 0 aliphatic carbocycles. The van der Waals surface area contributed by atoms with Gasteiger partial charge in [-0.1, -0.05) is 12.1 Å². The number of cyclic esters (lactones) is 1. The fourth-order valence-corrected chi connectivity index (χ4v) is 1.74. The maximum absolute atomic E-state index is 11.0. The number of nitrogens with one attached hydrogen (secondary N) is 1. The molecular formula is C11H13NO4. The largest absolute Gasteiger partial charge is 0.493 e. The lowest BCUT2D eigenvalue weighted by Gasteiger charge is -2.15. The van der Waals surface area contributed by atoms with E-state index in [1.165, 1.54) is 0 Å². The van der Waals surface area contributed by atoms with Crippen LogP contribution in [0, 0.1) is 0 Å². The van der Waals surface area contributed by atoms with Crippen LogP contribution < -0.4 is 14.8 Å². The predicted molar refractivity (Wildman–Crippen MR) is 56.8 cm³/mol. The van der Waals surface area contributed by atoms with E-state index in [0.29, 0.717) is 18.1 Å². The number of rotatable bonds is 3. The molecule has 0 spiro atoms. The molecule has 1 fully saturated rings. The number of ether oxygens (including phenoxy) is 3. The average molecular weight is 223 g/mol. The van der Waals surface area contributed by atoms with E-state index in [1.54, 1.807) is 20.3 Å². The van der Waals surface area contributed by atoms with E-state index in [1.807, 2.05) is 12.1 Å². The van der Waals surface area contributed by atoms with E-state index < -0.39 is 6.09 Å². The molecule has 0 bridgehead atoms. The van der Waals surface area contributed by atoms with E-state index in [-0.39, 0.29) is 6.04 Å². The summed E-state index contributed by atoms with van der Waals surface area (Å²) in [6.45, 7) is 0.308. The lowest BCUT2D eigenvalue weighted by atomic mass is 10.1. The van der Waals surface area contributed by atoms with Crippen molar-refractivity contribution in [3.05, 3.63) is 23.8 Å². The summed E-state index contributed by atoms with van der Waals surface area (Å²) in [6, 6.07) is 5.35. The van der Waals surface area contributed by atoms with Crippen molar-refractivity contribution in [1.82, 2.24) is 5.32 Å². The molecule has 1 aromatic rings. The number of hydrogen-bond donors (Lipinski definition) is 1. The Hall–Kier alpha value is -1.91. The minimum absolute atomic E-state index is 0.183.